The van der Waals surface area contributed by atoms with E-state index >= 15 is 0 Å². The van der Waals surface area contributed by atoms with Crippen molar-refractivity contribution in [3.8, 4) is 17.0 Å². The van der Waals surface area contributed by atoms with Crippen LogP contribution in [0, 0.1) is 13.8 Å². The Kier molecular flexibility index (Phi) is 6.15. The summed E-state index contributed by atoms with van der Waals surface area (Å²) in [7, 11) is 1.70. The Labute approximate surface area is 182 Å². The van der Waals surface area contributed by atoms with Gasteiger partial charge in [-0.1, -0.05) is 42.5 Å². The van der Waals surface area contributed by atoms with Gasteiger partial charge in [-0.15, -0.1) is 11.3 Å². The van der Waals surface area contributed by atoms with Crippen LogP contribution in [0.25, 0.3) is 11.3 Å². The monoisotopic (exact) mass is 414 g/mol. The molecule has 152 valence electrons. The summed E-state index contributed by atoms with van der Waals surface area (Å²) in [6.45, 7) is 5.19. The van der Waals surface area contributed by atoms with Gasteiger partial charge >= 0.3 is 0 Å². The summed E-state index contributed by atoms with van der Waals surface area (Å²) in [6.07, 6.45) is 0.931. The molecule has 4 aromatic rings. The van der Waals surface area contributed by atoms with Crippen molar-refractivity contribution in [2.75, 3.05) is 7.11 Å². The van der Waals surface area contributed by atoms with Crippen LogP contribution in [-0.4, -0.2) is 11.7 Å². The second-order valence-electron chi connectivity index (χ2n) is 7.40. The van der Waals surface area contributed by atoms with Crippen LogP contribution in [0.2, 0.25) is 0 Å². The van der Waals surface area contributed by atoms with Crippen LogP contribution in [0.15, 0.2) is 83.2 Å². The van der Waals surface area contributed by atoms with Gasteiger partial charge in [-0.25, -0.2) is 4.99 Å². The first kappa shape index (κ1) is 20.2. The third-order valence-corrected chi connectivity index (χ3v) is 6.23. The van der Waals surface area contributed by atoms with Crippen molar-refractivity contribution in [1.82, 2.24) is 4.57 Å². The number of benzene rings is 3. The summed E-state index contributed by atoms with van der Waals surface area (Å²) in [4.78, 5) is 5.94. The molecule has 0 saturated carbocycles. The molecule has 1 aromatic heterocycles. The smallest absolute Gasteiger partial charge is 0.190 e. The van der Waals surface area contributed by atoms with E-state index in [0.717, 1.165) is 29.2 Å². The Bertz CT molecular complexity index is 1190. The van der Waals surface area contributed by atoms with E-state index in [4.69, 9.17) is 9.73 Å². The normalized spacial score (nSPS) is 11.6. The standard InChI is InChI=1S/C26H26N2OS/c1-19-9-12-22(17-20(19)2)25-18-30-26(27-23-7-5-4-6-8-23)28(25)16-15-21-10-13-24(29-3)14-11-21/h4-14,17-18H,15-16H2,1-3H3. The third-order valence-electron chi connectivity index (χ3n) is 5.36. The fraction of sp³-hybridized carbons (Fsp3) is 0.192. The molecular formula is C26H26N2OS. The first-order valence-corrected chi connectivity index (χ1v) is 11.0. The van der Waals surface area contributed by atoms with E-state index in [1.165, 1.54) is 27.9 Å². The predicted octanol–water partition coefficient (Wildman–Crippen LogP) is 6.32. The van der Waals surface area contributed by atoms with Gasteiger partial charge in [-0.05, 0) is 72.9 Å². The van der Waals surface area contributed by atoms with Gasteiger partial charge in [0.05, 0.1) is 18.5 Å². The molecule has 0 unspecified atom stereocenters. The van der Waals surface area contributed by atoms with Crippen molar-refractivity contribution in [3.63, 3.8) is 0 Å². The van der Waals surface area contributed by atoms with E-state index in [1.807, 2.05) is 42.5 Å². The summed E-state index contributed by atoms with van der Waals surface area (Å²) in [5.41, 5.74) is 7.33. The number of hydrogen-bond donors (Lipinski definition) is 0. The quantitative estimate of drug-likeness (QED) is 0.363. The topological polar surface area (TPSA) is 26.5 Å². The number of aryl methyl sites for hydroxylation is 3. The molecule has 0 saturated heterocycles. The first-order valence-electron chi connectivity index (χ1n) is 10.1. The van der Waals surface area contributed by atoms with Gasteiger partial charge in [-0.3, -0.25) is 0 Å². The predicted molar refractivity (Wildman–Crippen MR) is 126 cm³/mol. The van der Waals surface area contributed by atoms with Gasteiger partial charge in [0.25, 0.3) is 0 Å². The van der Waals surface area contributed by atoms with Gasteiger partial charge < -0.3 is 9.30 Å². The summed E-state index contributed by atoms with van der Waals surface area (Å²) >= 11 is 1.69. The highest BCUT2D eigenvalue weighted by atomic mass is 32.1. The molecule has 1 heterocycles. The zero-order chi connectivity index (χ0) is 20.9. The van der Waals surface area contributed by atoms with Gasteiger partial charge in [0.2, 0.25) is 0 Å². The van der Waals surface area contributed by atoms with Crippen LogP contribution in [0.5, 0.6) is 5.75 Å². The molecule has 3 nitrogen and oxygen atoms in total. The second-order valence-corrected chi connectivity index (χ2v) is 8.24. The fourth-order valence-electron chi connectivity index (χ4n) is 3.41. The maximum absolute atomic E-state index is 5.28. The maximum atomic E-state index is 5.28. The molecule has 0 aliphatic carbocycles. The molecule has 0 bridgehead atoms. The Morgan fingerprint density at radius 3 is 2.37 bits per heavy atom. The van der Waals surface area contributed by atoms with E-state index < -0.39 is 0 Å². The Balaban J connectivity index is 1.73. The first-order chi connectivity index (χ1) is 14.6. The maximum Gasteiger partial charge on any atom is 0.190 e. The lowest BCUT2D eigenvalue weighted by Crippen LogP contribution is -2.17. The van der Waals surface area contributed by atoms with E-state index in [1.54, 1.807) is 18.4 Å². The largest absolute Gasteiger partial charge is 0.497 e. The molecule has 0 radical (unpaired) electrons. The molecule has 0 aliphatic heterocycles. The van der Waals surface area contributed by atoms with Crippen molar-refractivity contribution in [1.29, 1.82) is 0 Å². The summed E-state index contributed by atoms with van der Waals surface area (Å²) in [6, 6.07) is 25.2. The van der Waals surface area contributed by atoms with Crippen LogP contribution < -0.4 is 9.54 Å². The summed E-state index contributed by atoms with van der Waals surface area (Å²) in [5, 5.41) is 2.22. The zero-order valence-electron chi connectivity index (χ0n) is 17.6. The van der Waals surface area contributed by atoms with E-state index in [2.05, 4.69) is 54.1 Å². The van der Waals surface area contributed by atoms with Crippen molar-refractivity contribution in [2.45, 2.75) is 26.8 Å². The number of rotatable bonds is 6. The number of ether oxygens (including phenoxy) is 1. The molecule has 0 atom stereocenters. The number of aromatic nitrogens is 1. The van der Waals surface area contributed by atoms with E-state index in [0.29, 0.717) is 0 Å². The molecule has 0 spiro atoms. The van der Waals surface area contributed by atoms with Crippen LogP contribution in [0.3, 0.4) is 0 Å². The SMILES string of the molecule is COc1ccc(CCn2c(-c3ccc(C)c(C)c3)csc2=Nc2ccccc2)cc1. The number of thiazole rings is 1. The summed E-state index contributed by atoms with van der Waals surface area (Å²) in [5.74, 6) is 0.887. The van der Waals surface area contributed by atoms with Crippen LogP contribution in [-0.2, 0) is 13.0 Å². The summed E-state index contributed by atoms with van der Waals surface area (Å²) < 4.78 is 7.62. The lowest BCUT2D eigenvalue weighted by molar-refractivity contribution is 0.414. The second kappa shape index (κ2) is 9.14. The van der Waals surface area contributed by atoms with Crippen LogP contribution in [0.1, 0.15) is 16.7 Å². The van der Waals surface area contributed by atoms with Crippen molar-refractivity contribution >= 4 is 17.0 Å². The minimum absolute atomic E-state index is 0.865. The Morgan fingerprint density at radius 1 is 0.900 bits per heavy atom. The van der Waals surface area contributed by atoms with Gasteiger partial charge in [0.15, 0.2) is 4.80 Å². The highest BCUT2D eigenvalue weighted by Crippen LogP contribution is 2.24. The average Bonchev–Trinajstić information content (AvgIpc) is 3.17. The number of para-hydroxylation sites is 1. The van der Waals surface area contributed by atoms with Gasteiger partial charge in [-0.2, -0.15) is 0 Å². The zero-order valence-corrected chi connectivity index (χ0v) is 18.4. The molecule has 4 heteroatoms. The molecule has 0 amide bonds. The Morgan fingerprint density at radius 2 is 1.67 bits per heavy atom. The minimum Gasteiger partial charge on any atom is -0.497 e. The lowest BCUT2D eigenvalue weighted by Gasteiger charge is -2.11. The van der Waals surface area contributed by atoms with E-state index in [-0.39, 0.29) is 0 Å². The van der Waals surface area contributed by atoms with Crippen LogP contribution >= 0.6 is 11.3 Å². The van der Waals surface area contributed by atoms with Gasteiger partial charge in [0.1, 0.15) is 5.75 Å². The van der Waals surface area contributed by atoms with Crippen molar-refractivity contribution < 1.29 is 4.74 Å². The molecule has 4 rings (SSSR count). The average molecular weight is 415 g/mol. The fourth-order valence-corrected chi connectivity index (χ4v) is 4.37. The highest BCUT2D eigenvalue weighted by Gasteiger charge is 2.10. The molecule has 3 aromatic carbocycles. The molecule has 0 N–H and O–H groups in total. The number of nitrogens with zero attached hydrogens (tertiary/aromatic N) is 2. The lowest BCUT2D eigenvalue weighted by atomic mass is 10.0. The third kappa shape index (κ3) is 4.55. The molecule has 0 fully saturated rings. The van der Waals surface area contributed by atoms with Gasteiger partial charge in [0, 0.05) is 11.9 Å². The van der Waals surface area contributed by atoms with E-state index in [9.17, 15) is 0 Å². The Hall–Kier alpha value is -3.11. The van der Waals surface area contributed by atoms with Crippen molar-refractivity contribution in [2.24, 2.45) is 4.99 Å². The molecule has 0 aliphatic rings. The molecular weight excluding hydrogens is 388 g/mol. The number of hydrogen-bond acceptors (Lipinski definition) is 3. The highest BCUT2D eigenvalue weighted by molar-refractivity contribution is 7.07. The van der Waals surface area contributed by atoms with Crippen LogP contribution in [0.4, 0.5) is 5.69 Å². The minimum atomic E-state index is 0.865. The van der Waals surface area contributed by atoms with Crippen molar-refractivity contribution in [3.05, 3.63) is 99.7 Å². The molecule has 30 heavy (non-hydrogen) atoms. The number of methoxy groups -OCH3 is 1.